The van der Waals surface area contributed by atoms with Crippen LogP contribution in [0.1, 0.15) is 16.7 Å². The Morgan fingerprint density at radius 2 is 2.40 bits per heavy atom. The molecular formula is C9H12NO2PS2. The third-order valence-corrected chi connectivity index (χ3v) is 3.87. The molecule has 15 heavy (non-hydrogen) atoms. The van der Waals surface area contributed by atoms with Crippen LogP contribution in [-0.4, -0.2) is 13.0 Å². The van der Waals surface area contributed by atoms with Crippen molar-refractivity contribution in [1.29, 1.82) is 5.26 Å². The Balaban J connectivity index is 2.60. The number of thiophene rings is 1. The van der Waals surface area contributed by atoms with E-state index in [2.05, 4.69) is 18.3 Å². The Labute approximate surface area is 100 Å². The van der Waals surface area contributed by atoms with Crippen LogP contribution in [0.15, 0.2) is 6.07 Å². The van der Waals surface area contributed by atoms with Crippen LogP contribution in [0.2, 0.25) is 0 Å². The summed E-state index contributed by atoms with van der Waals surface area (Å²) in [6.07, 6.45) is 0.481. The molecule has 1 aromatic heterocycles. The summed E-state index contributed by atoms with van der Waals surface area (Å²) in [5.74, 6) is 0.626. The summed E-state index contributed by atoms with van der Waals surface area (Å²) < 4.78 is 10.7. The van der Waals surface area contributed by atoms with E-state index in [1.54, 1.807) is 0 Å². The Kier molecular flexibility index (Phi) is 5.41. The minimum atomic E-state index is -0.944. The monoisotopic (exact) mass is 261 g/mol. The average molecular weight is 261 g/mol. The lowest BCUT2D eigenvalue weighted by atomic mass is 10.4. The van der Waals surface area contributed by atoms with Gasteiger partial charge in [0, 0.05) is 11.5 Å². The van der Waals surface area contributed by atoms with Crippen LogP contribution in [0.25, 0.3) is 0 Å². The molecule has 6 heteroatoms. The molecule has 0 saturated carbocycles. The third-order valence-electron chi connectivity index (χ3n) is 1.53. The Morgan fingerprint density at radius 3 is 3.00 bits per heavy atom. The fraction of sp³-hybridized carbons (Fsp3) is 0.444. The van der Waals surface area contributed by atoms with Gasteiger partial charge in [-0.3, -0.25) is 0 Å². The molecule has 0 aliphatic rings. The molecule has 0 fully saturated rings. The van der Waals surface area contributed by atoms with E-state index in [0.717, 1.165) is 4.88 Å². The Morgan fingerprint density at radius 1 is 1.67 bits per heavy atom. The third kappa shape index (κ3) is 4.00. The van der Waals surface area contributed by atoms with Gasteiger partial charge in [0.05, 0.1) is 0 Å². The first-order chi connectivity index (χ1) is 7.17. The first-order valence-electron chi connectivity index (χ1n) is 4.40. The fourth-order valence-corrected chi connectivity index (χ4v) is 3.01. The summed E-state index contributed by atoms with van der Waals surface area (Å²) in [6, 6.07) is 3.97. The SMILES string of the molecule is CCOCP(S)Oc1cc(C)sc1C#N. The predicted molar refractivity (Wildman–Crippen MR) is 66.8 cm³/mol. The first kappa shape index (κ1) is 12.8. The number of hydrogen-bond acceptors (Lipinski definition) is 5. The number of rotatable bonds is 5. The minimum Gasteiger partial charge on any atom is -0.459 e. The van der Waals surface area contributed by atoms with Crippen molar-refractivity contribution in [2.75, 3.05) is 13.0 Å². The normalized spacial score (nSPS) is 12.1. The van der Waals surface area contributed by atoms with Crippen LogP contribution in [-0.2, 0) is 4.74 Å². The van der Waals surface area contributed by atoms with Crippen molar-refractivity contribution in [3.05, 3.63) is 15.8 Å². The zero-order valence-corrected chi connectivity index (χ0v) is 11.2. The van der Waals surface area contributed by atoms with Crippen molar-refractivity contribution in [1.82, 2.24) is 0 Å². The summed E-state index contributed by atoms with van der Waals surface area (Å²) in [5.41, 5.74) is 0. The largest absolute Gasteiger partial charge is 0.459 e. The lowest BCUT2D eigenvalue weighted by molar-refractivity contribution is 0.193. The quantitative estimate of drug-likeness (QED) is 0.651. The van der Waals surface area contributed by atoms with Gasteiger partial charge in [-0.1, -0.05) is 0 Å². The second-order valence-corrected chi connectivity index (χ2v) is 6.47. The van der Waals surface area contributed by atoms with E-state index in [1.165, 1.54) is 11.3 Å². The highest BCUT2D eigenvalue weighted by atomic mass is 32.7. The summed E-state index contributed by atoms with van der Waals surface area (Å²) in [6.45, 7) is 4.52. The molecule has 0 aromatic carbocycles. The number of hydrogen-bond donors (Lipinski definition) is 1. The van der Waals surface area contributed by atoms with Gasteiger partial charge in [-0.15, -0.1) is 23.6 Å². The van der Waals surface area contributed by atoms with Crippen molar-refractivity contribution in [2.45, 2.75) is 13.8 Å². The van der Waals surface area contributed by atoms with Crippen LogP contribution >= 0.6 is 30.9 Å². The lowest BCUT2D eigenvalue weighted by Gasteiger charge is -2.11. The molecule has 0 N–H and O–H groups in total. The van der Waals surface area contributed by atoms with E-state index in [0.29, 0.717) is 23.6 Å². The maximum atomic E-state index is 8.85. The highest BCUT2D eigenvalue weighted by molar-refractivity contribution is 8.43. The number of nitriles is 1. The van der Waals surface area contributed by atoms with Gasteiger partial charge in [0.15, 0.2) is 13.1 Å². The molecule has 0 aliphatic carbocycles. The number of nitrogens with zero attached hydrogens (tertiary/aromatic N) is 1. The topological polar surface area (TPSA) is 42.2 Å². The van der Waals surface area contributed by atoms with E-state index >= 15 is 0 Å². The Bertz CT molecular complexity index is 361. The highest BCUT2D eigenvalue weighted by Gasteiger charge is 2.12. The van der Waals surface area contributed by atoms with Gasteiger partial charge in [0.25, 0.3) is 0 Å². The van der Waals surface area contributed by atoms with Crippen LogP contribution < -0.4 is 4.52 Å². The molecule has 0 amide bonds. The standard InChI is InChI=1S/C9H12NO2PS2/c1-3-11-6-13(14)12-8-4-7(2)15-9(8)5-10/h4,14H,3,6H2,1-2H3. The van der Waals surface area contributed by atoms with Gasteiger partial charge in [-0.2, -0.15) is 5.26 Å². The van der Waals surface area contributed by atoms with Gasteiger partial charge in [0.1, 0.15) is 17.3 Å². The van der Waals surface area contributed by atoms with Gasteiger partial charge < -0.3 is 9.26 Å². The Hall–Kier alpha value is -0.270. The molecule has 3 nitrogen and oxygen atoms in total. The van der Waals surface area contributed by atoms with Crippen LogP contribution in [0.3, 0.4) is 0 Å². The second kappa shape index (κ2) is 6.34. The second-order valence-electron chi connectivity index (χ2n) is 2.73. The summed E-state index contributed by atoms with van der Waals surface area (Å²) >= 11 is 5.71. The molecule has 1 unspecified atom stereocenters. The van der Waals surface area contributed by atoms with Crippen molar-refractivity contribution in [3.63, 3.8) is 0 Å². The maximum Gasteiger partial charge on any atom is 0.171 e. The molecule has 1 heterocycles. The smallest absolute Gasteiger partial charge is 0.171 e. The van der Waals surface area contributed by atoms with Gasteiger partial charge >= 0.3 is 0 Å². The van der Waals surface area contributed by atoms with Gasteiger partial charge in [-0.05, 0) is 19.9 Å². The number of aryl methyl sites for hydroxylation is 1. The maximum absolute atomic E-state index is 8.85. The highest BCUT2D eigenvalue weighted by Crippen LogP contribution is 2.45. The van der Waals surface area contributed by atoms with E-state index in [1.807, 2.05) is 19.9 Å². The van der Waals surface area contributed by atoms with Gasteiger partial charge in [-0.25, -0.2) is 0 Å². The molecule has 0 radical (unpaired) electrons. The van der Waals surface area contributed by atoms with Crippen LogP contribution in [0.5, 0.6) is 5.75 Å². The zero-order chi connectivity index (χ0) is 11.3. The minimum absolute atomic E-state index is 0.481. The van der Waals surface area contributed by atoms with Crippen LogP contribution in [0, 0.1) is 18.3 Å². The van der Waals surface area contributed by atoms with E-state index in [4.69, 9.17) is 14.5 Å². The van der Waals surface area contributed by atoms with Crippen molar-refractivity contribution < 1.29 is 9.26 Å². The fourth-order valence-electron chi connectivity index (χ4n) is 0.946. The van der Waals surface area contributed by atoms with E-state index in [9.17, 15) is 0 Å². The zero-order valence-electron chi connectivity index (χ0n) is 8.56. The van der Waals surface area contributed by atoms with Gasteiger partial charge in [0.2, 0.25) is 0 Å². The average Bonchev–Trinajstić information content (AvgIpc) is 2.55. The summed E-state index contributed by atoms with van der Waals surface area (Å²) in [4.78, 5) is 1.67. The molecular weight excluding hydrogens is 249 g/mol. The van der Waals surface area contributed by atoms with E-state index in [-0.39, 0.29) is 0 Å². The molecule has 1 rings (SSSR count). The molecule has 82 valence electrons. The lowest BCUT2D eigenvalue weighted by Crippen LogP contribution is -1.93. The van der Waals surface area contributed by atoms with E-state index < -0.39 is 7.35 Å². The number of ether oxygens (including phenoxy) is 1. The predicted octanol–water partition coefficient (Wildman–Crippen LogP) is 3.54. The van der Waals surface area contributed by atoms with Crippen molar-refractivity contribution in [3.8, 4) is 11.8 Å². The molecule has 0 saturated heterocycles. The van der Waals surface area contributed by atoms with Crippen molar-refractivity contribution in [2.24, 2.45) is 0 Å². The van der Waals surface area contributed by atoms with Crippen LogP contribution in [0.4, 0.5) is 0 Å². The molecule has 0 bridgehead atoms. The molecule has 0 spiro atoms. The summed E-state index contributed by atoms with van der Waals surface area (Å²) in [5, 5.41) is 8.85. The van der Waals surface area contributed by atoms with Crippen molar-refractivity contribution >= 4 is 30.9 Å². The number of thiol groups is 1. The first-order valence-corrected chi connectivity index (χ1v) is 7.81. The molecule has 1 aromatic rings. The molecule has 1 atom stereocenters. The molecule has 0 aliphatic heterocycles. The summed E-state index contributed by atoms with van der Waals surface area (Å²) in [7, 11) is -0.944.